The molecule has 0 saturated carbocycles. The number of aryl methyl sites for hydroxylation is 1. The number of anilines is 1. The van der Waals surface area contributed by atoms with Crippen LogP contribution in [-0.4, -0.2) is 12.5 Å². The van der Waals surface area contributed by atoms with Crippen LogP contribution in [0.5, 0.6) is 5.75 Å². The third kappa shape index (κ3) is 3.59. The molecule has 1 amide bonds. The molecule has 0 saturated heterocycles. The summed E-state index contributed by atoms with van der Waals surface area (Å²) in [6.45, 7) is 1.92. The van der Waals surface area contributed by atoms with Crippen molar-refractivity contribution in [1.82, 2.24) is 0 Å². The molecule has 0 unspecified atom stereocenters. The third-order valence-corrected chi connectivity index (χ3v) is 2.68. The lowest BCUT2D eigenvalue weighted by Gasteiger charge is -2.08. The number of amides is 1. The van der Waals surface area contributed by atoms with Crippen molar-refractivity contribution in [3.8, 4) is 11.8 Å². The molecule has 0 bridgehead atoms. The molecule has 0 radical (unpaired) electrons. The summed E-state index contributed by atoms with van der Waals surface area (Å²) >= 11 is 0. The number of carbonyl (C=O) groups excluding carboxylic acids is 1. The van der Waals surface area contributed by atoms with Gasteiger partial charge in [0.15, 0.2) is 6.61 Å². The van der Waals surface area contributed by atoms with Crippen LogP contribution in [0, 0.1) is 18.3 Å². The minimum Gasteiger partial charge on any atom is -0.479 e. The Hall–Kier alpha value is -2.80. The first-order valence-electron chi connectivity index (χ1n) is 6.17. The quantitative estimate of drug-likeness (QED) is 0.924. The SMILES string of the molecule is Cc1cccc(C(=O)Nc2cccc(OCC#N)c2)c1. The van der Waals surface area contributed by atoms with Crippen LogP contribution in [0.15, 0.2) is 48.5 Å². The average Bonchev–Trinajstić information content (AvgIpc) is 2.45. The minimum absolute atomic E-state index is 0.0186. The maximum atomic E-state index is 12.1. The number of nitrogens with zero attached hydrogens (tertiary/aromatic N) is 1. The Morgan fingerprint density at radius 1 is 1.25 bits per heavy atom. The van der Waals surface area contributed by atoms with Crippen molar-refractivity contribution in [2.24, 2.45) is 0 Å². The van der Waals surface area contributed by atoms with E-state index in [0.29, 0.717) is 17.0 Å². The maximum Gasteiger partial charge on any atom is 0.255 e. The molecule has 0 fully saturated rings. The van der Waals surface area contributed by atoms with Gasteiger partial charge in [-0.05, 0) is 31.2 Å². The Labute approximate surface area is 117 Å². The van der Waals surface area contributed by atoms with Crippen molar-refractivity contribution in [3.63, 3.8) is 0 Å². The molecule has 4 nitrogen and oxygen atoms in total. The molecule has 0 heterocycles. The zero-order chi connectivity index (χ0) is 14.4. The van der Waals surface area contributed by atoms with Gasteiger partial charge in [0.05, 0.1) is 0 Å². The Morgan fingerprint density at radius 3 is 2.80 bits per heavy atom. The standard InChI is InChI=1S/C16H14N2O2/c1-12-4-2-5-13(10-12)16(19)18-14-6-3-7-15(11-14)20-9-8-17/h2-7,10-11H,9H2,1H3,(H,18,19). The van der Waals surface area contributed by atoms with Crippen molar-refractivity contribution >= 4 is 11.6 Å². The Morgan fingerprint density at radius 2 is 2.05 bits per heavy atom. The van der Waals surface area contributed by atoms with E-state index in [-0.39, 0.29) is 12.5 Å². The predicted molar refractivity (Wildman–Crippen MR) is 76.7 cm³/mol. The summed E-state index contributed by atoms with van der Waals surface area (Å²) < 4.78 is 5.19. The van der Waals surface area contributed by atoms with Crippen molar-refractivity contribution in [2.45, 2.75) is 6.92 Å². The van der Waals surface area contributed by atoms with E-state index in [1.165, 1.54) is 0 Å². The predicted octanol–water partition coefficient (Wildman–Crippen LogP) is 3.15. The van der Waals surface area contributed by atoms with Gasteiger partial charge in [-0.1, -0.05) is 23.8 Å². The number of hydrogen-bond donors (Lipinski definition) is 1. The highest BCUT2D eigenvalue weighted by Gasteiger charge is 2.06. The molecule has 100 valence electrons. The lowest BCUT2D eigenvalue weighted by Crippen LogP contribution is -2.12. The topological polar surface area (TPSA) is 62.1 Å². The molecular weight excluding hydrogens is 252 g/mol. The molecule has 2 rings (SSSR count). The van der Waals surface area contributed by atoms with Gasteiger partial charge in [0.25, 0.3) is 5.91 Å². The lowest BCUT2D eigenvalue weighted by atomic mass is 10.1. The third-order valence-electron chi connectivity index (χ3n) is 2.68. The van der Waals surface area contributed by atoms with Gasteiger partial charge in [0, 0.05) is 17.3 Å². The van der Waals surface area contributed by atoms with E-state index in [1.54, 1.807) is 30.3 Å². The van der Waals surface area contributed by atoms with Crippen LogP contribution >= 0.6 is 0 Å². The van der Waals surface area contributed by atoms with Gasteiger partial charge in [-0.3, -0.25) is 4.79 Å². The fourth-order valence-electron chi connectivity index (χ4n) is 1.77. The molecule has 0 aliphatic carbocycles. The summed E-state index contributed by atoms with van der Waals surface area (Å²) in [5, 5.41) is 11.3. The van der Waals surface area contributed by atoms with Gasteiger partial charge in [-0.25, -0.2) is 0 Å². The van der Waals surface area contributed by atoms with Gasteiger partial charge in [-0.2, -0.15) is 5.26 Å². The second kappa shape index (κ2) is 6.39. The van der Waals surface area contributed by atoms with E-state index >= 15 is 0 Å². The van der Waals surface area contributed by atoms with Crippen LogP contribution in [0.4, 0.5) is 5.69 Å². The fraction of sp³-hybridized carbons (Fsp3) is 0.125. The molecule has 0 aliphatic heterocycles. The van der Waals surface area contributed by atoms with Crippen molar-refractivity contribution in [2.75, 3.05) is 11.9 Å². The largest absolute Gasteiger partial charge is 0.479 e. The zero-order valence-electron chi connectivity index (χ0n) is 11.1. The molecule has 20 heavy (non-hydrogen) atoms. The van der Waals surface area contributed by atoms with Crippen LogP contribution in [-0.2, 0) is 0 Å². The van der Waals surface area contributed by atoms with Crippen LogP contribution in [0.2, 0.25) is 0 Å². The molecule has 1 N–H and O–H groups in total. The molecule has 0 aliphatic rings. The molecular formula is C16H14N2O2. The van der Waals surface area contributed by atoms with Crippen molar-refractivity contribution in [1.29, 1.82) is 5.26 Å². The summed E-state index contributed by atoms with van der Waals surface area (Å²) in [7, 11) is 0. The van der Waals surface area contributed by atoms with Crippen molar-refractivity contribution < 1.29 is 9.53 Å². The number of rotatable bonds is 4. The smallest absolute Gasteiger partial charge is 0.255 e. The number of carbonyl (C=O) groups is 1. The zero-order valence-corrected chi connectivity index (χ0v) is 11.1. The Balaban J connectivity index is 2.10. The second-order valence-electron chi connectivity index (χ2n) is 4.30. The van der Waals surface area contributed by atoms with Crippen LogP contribution in [0.3, 0.4) is 0 Å². The highest BCUT2D eigenvalue weighted by Crippen LogP contribution is 2.18. The van der Waals surface area contributed by atoms with E-state index in [1.807, 2.05) is 31.2 Å². The van der Waals surface area contributed by atoms with E-state index in [9.17, 15) is 4.79 Å². The molecule has 2 aromatic carbocycles. The van der Waals surface area contributed by atoms with E-state index in [0.717, 1.165) is 5.56 Å². The molecule has 0 atom stereocenters. The molecule has 0 spiro atoms. The van der Waals surface area contributed by atoms with Gasteiger partial charge >= 0.3 is 0 Å². The summed E-state index contributed by atoms with van der Waals surface area (Å²) in [5.41, 5.74) is 2.27. The lowest BCUT2D eigenvalue weighted by molar-refractivity contribution is 0.102. The normalized spacial score (nSPS) is 9.60. The van der Waals surface area contributed by atoms with Crippen LogP contribution in [0.1, 0.15) is 15.9 Å². The van der Waals surface area contributed by atoms with Crippen LogP contribution in [0.25, 0.3) is 0 Å². The Bertz CT molecular complexity index is 660. The van der Waals surface area contributed by atoms with Crippen LogP contribution < -0.4 is 10.1 Å². The number of hydrogen-bond acceptors (Lipinski definition) is 3. The summed E-state index contributed by atoms with van der Waals surface area (Å²) in [4.78, 5) is 12.1. The monoisotopic (exact) mass is 266 g/mol. The summed E-state index contributed by atoms with van der Waals surface area (Å²) in [5.74, 6) is 0.375. The molecule has 4 heteroatoms. The van der Waals surface area contributed by atoms with E-state index in [2.05, 4.69) is 5.32 Å². The summed E-state index contributed by atoms with van der Waals surface area (Å²) in [6, 6.07) is 16.2. The minimum atomic E-state index is -0.175. The summed E-state index contributed by atoms with van der Waals surface area (Å²) in [6.07, 6.45) is 0. The fourth-order valence-corrected chi connectivity index (χ4v) is 1.77. The maximum absolute atomic E-state index is 12.1. The number of nitriles is 1. The first-order chi connectivity index (χ1) is 9.69. The number of benzene rings is 2. The average molecular weight is 266 g/mol. The molecule has 0 aromatic heterocycles. The molecule has 2 aromatic rings. The van der Waals surface area contributed by atoms with Gasteiger partial charge in [-0.15, -0.1) is 0 Å². The highest BCUT2D eigenvalue weighted by molar-refractivity contribution is 6.04. The number of ether oxygens (including phenoxy) is 1. The van der Waals surface area contributed by atoms with Gasteiger partial charge in [0.2, 0.25) is 0 Å². The first-order valence-corrected chi connectivity index (χ1v) is 6.17. The van der Waals surface area contributed by atoms with E-state index in [4.69, 9.17) is 10.00 Å². The van der Waals surface area contributed by atoms with Gasteiger partial charge < -0.3 is 10.1 Å². The first kappa shape index (κ1) is 13.6. The van der Waals surface area contributed by atoms with Crippen molar-refractivity contribution in [3.05, 3.63) is 59.7 Å². The highest BCUT2D eigenvalue weighted by atomic mass is 16.5. The number of nitrogens with one attached hydrogen (secondary N) is 1. The Kier molecular flexibility index (Phi) is 4.35. The van der Waals surface area contributed by atoms with Gasteiger partial charge in [0.1, 0.15) is 11.8 Å². The van der Waals surface area contributed by atoms with E-state index < -0.39 is 0 Å². The second-order valence-corrected chi connectivity index (χ2v) is 4.30.